The van der Waals surface area contributed by atoms with Crippen molar-refractivity contribution in [1.29, 1.82) is 0 Å². The van der Waals surface area contributed by atoms with E-state index in [4.69, 9.17) is 0 Å². The molecule has 1 aliphatic heterocycles. The number of methoxy groups -OCH3 is 1. The Balaban J connectivity index is 1.73. The summed E-state index contributed by atoms with van der Waals surface area (Å²) in [4.78, 5) is 27.0. The largest absolute Gasteiger partial charge is 0.453 e. The predicted molar refractivity (Wildman–Crippen MR) is 84.2 cm³/mol. The average Bonchev–Trinajstić information content (AvgIpc) is 2.61. The van der Waals surface area contributed by atoms with Crippen molar-refractivity contribution in [2.24, 2.45) is 0 Å². The van der Waals surface area contributed by atoms with Crippen LogP contribution in [0.1, 0.15) is 15.9 Å². The third kappa shape index (κ3) is 5.35. The summed E-state index contributed by atoms with van der Waals surface area (Å²) in [5, 5.41) is 2.68. The topological polar surface area (TPSA) is 61.9 Å². The van der Waals surface area contributed by atoms with E-state index in [9.17, 15) is 22.8 Å². The molecule has 1 aliphatic rings. The lowest BCUT2D eigenvalue weighted by atomic mass is 10.1. The molecule has 1 aromatic carbocycles. The molecule has 9 heteroatoms. The van der Waals surface area contributed by atoms with Crippen LogP contribution >= 0.6 is 0 Å². The highest BCUT2D eigenvalue weighted by Crippen LogP contribution is 2.29. The molecule has 6 nitrogen and oxygen atoms in total. The fraction of sp³-hybridized carbons (Fsp3) is 0.500. The highest BCUT2D eigenvalue weighted by Gasteiger charge is 2.30. The van der Waals surface area contributed by atoms with E-state index in [-0.39, 0.29) is 11.7 Å². The number of piperazine rings is 1. The van der Waals surface area contributed by atoms with Gasteiger partial charge >= 0.3 is 12.3 Å². The number of hydrogen-bond acceptors (Lipinski definition) is 4. The zero-order valence-electron chi connectivity index (χ0n) is 13.8. The number of hydrogen-bond donors (Lipinski definition) is 1. The molecule has 2 rings (SSSR count). The zero-order chi connectivity index (χ0) is 18.4. The minimum absolute atomic E-state index is 0.184. The van der Waals surface area contributed by atoms with Crippen LogP contribution in [0.2, 0.25) is 0 Å². The van der Waals surface area contributed by atoms with Gasteiger partial charge in [-0.15, -0.1) is 0 Å². The van der Waals surface area contributed by atoms with E-state index < -0.39 is 17.6 Å². The molecular formula is C16H20F3N3O3. The molecule has 0 atom stereocenters. The number of alkyl halides is 3. The predicted octanol–water partition coefficient (Wildman–Crippen LogP) is 1.82. The van der Waals surface area contributed by atoms with E-state index in [1.807, 2.05) is 0 Å². The standard InChI is InChI=1S/C16H20F3N3O3/c1-25-15(24)22-10-8-21(9-11-22)7-6-20-14(23)12-2-4-13(5-3-12)16(17,18)19/h2-5H,6-11H2,1H3,(H,20,23). The van der Waals surface area contributed by atoms with E-state index in [2.05, 4.69) is 15.0 Å². The molecule has 0 aliphatic carbocycles. The Morgan fingerprint density at radius 1 is 1.12 bits per heavy atom. The van der Waals surface area contributed by atoms with Gasteiger partial charge in [-0.1, -0.05) is 0 Å². The quantitative estimate of drug-likeness (QED) is 0.891. The molecule has 1 aromatic rings. The summed E-state index contributed by atoms with van der Waals surface area (Å²) in [6, 6.07) is 4.10. The van der Waals surface area contributed by atoms with Gasteiger partial charge in [0.1, 0.15) is 0 Å². The second-order valence-electron chi connectivity index (χ2n) is 5.63. The summed E-state index contributed by atoms with van der Waals surface area (Å²) in [5.41, 5.74) is -0.601. The minimum atomic E-state index is -4.42. The monoisotopic (exact) mass is 359 g/mol. The maximum Gasteiger partial charge on any atom is 0.416 e. The molecule has 0 bridgehead atoms. The third-order valence-electron chi connectivity index (χ3n) is 3.99. The van der Waals surface area contributed by atoms with Crippen LogP contribution in [0.25, 0.3) is 0 Å². The lowest BCUT2D eigenvalue weighted by molar-refractivity contribution is -0.137. The molecule has 1 saturated heterocycles. The van der Waals surface area contributed by atoms with E-state index in [1.54, 1.807) is 4.90 Å². The molecule has 2 amide bonds. The number of rotatable bonds is 4. The van der Waals surface area contributed by atoms with Crippen molar-refractivity contribution >= 4 is 12.0 Å². The van der Waals surface area contributed by atoms with Gasteiger partial charge in [-0.05, 0) is 24.3 Å². The van der Waals surface area contributed by atoms with Crippen molar-refractivity contribution in [3.8, 4) is 0 Å². The van der Waals surface area contributed by atoms with Crippen molar-refractivity contribution in [2.75, 3.05) is 46.4 Å². The van der Waals surface area contributed by atoms with Gasteiger partial charge < -0.3 is 15.0 Å². The van der Waals surface area contributed by atoms with Crippen molar-refractivity contribution in [3.05, 3.63) is 35.4 Å². The van der Waals surface area contributed by atoms with Crippen LogP contribution in [-0.2, 0) is 10.9 Å². The molecule has 0 aromatic heterocycles. The Morgan fingerprint density at radius 3 is 2.24 bits per heavy atom. The fourth-order valence-corrected chi connectivity index (χ4v) is 2.52. The summed E-state index contributed by atoms with van der Waals surface area (Å²) in [6.45, 7) is 3.43. The van der Waals surface area contributed by atoms with Crippen LogP contribution in [0.5, 0.6) is 0 Å². The highest BCUT2D eigenvalue weighted by molar-refractivity contribution is 5.94. The zero-order valence-corrected chi connectivity index (χ0v) is 13.8. The number of ether oxygens (including phenoxy) is 1. The molecule has 25 heavy (non-hydrogen) atoms. The number of benzene rings is 1. The van der Waals surface area contributed by atoms with Crippen LogP contribution < -0.4 is 5.32 Å². The van der Waals surface area contributed by atoms with Crippen LogP contribution in [0.4, 0.5) is 18.0 Å². The van der Waals surface area contributed by atoms with E-state index in [1.165, 1.54) is 7.11 Å². The van der Waals surface area contributed by atoms with E-state index in [0.29, 0.717) is 39.3 Å². The summed E-state index contributed by atoms with van der Waals surface area (Å²) in [5.74, 6) is -0.415. The first-order valence-corrected chi connectivity index (χ1v) is 7.82. The molecular weight excluding hydrogens is 339 g/mol. The minimum Gasteiger partial charge on any atom is -0.453 e. The Hall–Kier alpha value is -2.29. The number of nitrogens with zero attached hydrogens (tertiary/aromatic N) is 2. The van der Waals surface area contributed by atoms with Gasteiger partial charge in [0.2, 0.25) is 0 Å². The number of halogens is 3. The maximum absolute atomic E-state index is 12.5. The molecule has 1 N–H and O–H groups in total. The summed E-state index contributed by atoms with van der Waals surface area (Å²) in [7, 11) is 1.34. The first-order chi connectivity index (χ1) is 11.8. The Bertz CT molecular complexity index is 597. The van der Waals surface area contributed by atoms with Crippen LogP contribution in [0.15, 0.2) is 24.3 Å². The van der Waals surface area contributed by atoms with Crippen molar-refractivity contribution in [2.45, 2.75) is 6.18 Å². The smallest absolute Gasteiger partial charge is 0.416 e. The van der Waals surface area contributed by atoms with Gasteiger partial charge in [-0.3, -0.25) is 9.69 Å². The van der Waals surface area contributed by atoms with Crippen LogP contribution in [-0.4, -0.2) is 68.2 Å². The average molecular weight is 359 g/mol. The number of nitrogens with one attached hydrogen (secondary N) is 1. The van der Waals surface area contributed by atoms with E-state index in [0.717, 1.165) is 24.3 Å². The van der Waals surface area contributed by atoms with Gasteiger partial charge in [-0.2, -0.15) is 13.2 Å². The first-order valence-electron chi connectivity index (χ1n) is 7.82. The molecule has 0 radical (unpaired) electrons. The lowest BCUT2D eigenvalue weighted by Crippen LogP contribution is -2.50. The second kappa shape index (κ2) is 8.19. The Kier molecular flexibility index (Phi) is 6.24. The Labute approximate surface area is 143 Å². The second-order valence-corrected chi connectivity index (χ2v) is 5.63. The maximum atomic E-state index is 12.5. The number of carbonyl (C=O) groups is 2. The molecule has 0 spiro atoms. The van der Waals surface area contributed by atoms with Crippen LogP contribution in [0.3, 0.4) is 0 Å². The molecule has 1 fully saturated rings. The van der Waals surface area contributed by atoms with Gasteiger partial charge in [0, 0.05) is 44.8 Å². The summed E-state index contributed by atoms with van der Waals surface area (Å²) < 4.78 is 42.1. The number of carbonyl (C=O) groups excluding carboxylic acids is 2. The summed E-state index contributed by atoms with van der Waals surface area (Å²) >= 11 is 0. The number of amides is 2. The molecule has 0 unspecified atom stereocenters. The van der Waals surface area contributed by atoms with Crippen molar-refractivity contribution in [3.63, 3.8) is 0 Å². The van der Waals surface area contributed by atoms with Crippen molar-refractivity contribution in [1.82, 2.24) is 15.1 Å². The third-order valence-corrected chi connectivity index (χ3v) is 3.99. The normalized spacial score (nSPS) is 15.8. The van der Waals surface area contributed by atoms with E-state index >= 15 is 0 Å². The SMILES string of the molecule is COC(=O)N1CCN(CCNC(=O)c2ccc(C(F)(F)F)cc2)CC1. The molecule has 1 heterocycles. The van der Waals surface area contributed by atoms with Crippen molar-refractivity contribution < 1.29 is 27.5 Å². The fourth-order valence-electron chi connectivity index (χ4n) is 2.52. The van der Waals surface area contributed by atoms with Gasteiger partial charge in [0.15, 0.2) is 0 Å². The van der Waals surface area contributed by atoms with Gasteiger partial charge in [0.05, 0.1) is 12.7 Å². The lowest BCUT2D eigenvalue weighted by Gasteiger charge is -2.33. The van der Waals surface area contributed by atoms with Gasteiger partial charge in [0.25, 0.3) is 5.91 Å². The molecule has 0 saturated carbocycles. The molecule has 138 valence electrons. The first kappa shape index (κ1) is 19.0. The van der Waals surface area contributed by atoms with Crippen LogP contribution in [0, 0.1) is 0 Å². The highest BCUT2D eigenvalue weighted by atomic mass is 19.4. The Morgan fingerprint density at radius 2 is 1.72 bits per heavy atom. The van der Waals surface area contributed by atoms with Gasteiger partial charge in [-0.25, -0.2) is 4.79 Å². The summed E-state index contributed by atoms with van der Waals surface area (Å²) in [6.07, 6.45) is -4.77.